The lowest BCUT2D eigenvalue weighted by molar-refractivity contribution is -0.0494. The Kier molecular flexibility index (Phi) is 8.45. The highest BCUT2D eigenvalue weighted by Gasteiger charge is 2.50. The molecule has 1 aliphatic heterocycles. The summed E-state index contributed by atoms with van der Waals surface area (Å²) >= 11 is 18.7. The lowest BCUT2D eigenvalue weighted by Crippen LogP contribution is -2.44. The number of sulfonamides is 1. The van der Waals surface area contributed by atoms with Crippen LogP contribution in [0.1, 0.15) is 47.1 Å². The number of hydrogen-bond donors (Lipinski definition) is 0. The van der Waals surface area contributed by atoms with Crippen molar-refractivity contribution in [3.05, 3.63) is 128 Å². The molecule has 6 rings (SSSR count). The topological polar surface area (TPSA) is 55.2 Å². The largest absolute Gasteiger partial charge is 0.511 e. The van der Waals surface area contributed by atoms with Crippen LogP contribution in [0.5, 0.6) is 0 Å². The third-order valence-electron chi connectivity index (χ3n) is 8.00. The predicted molar refractivity (Wildman–Crippen MR) is 168 cm³/mol. The summed E-state index contributed by atoms with van der Waals surface area (Å²) in [4.78, 5) is 0. The maximum atomic E-state index is 13.2. The van der Waals surface area contributed by atoms with Crippen molar-refractivity contribution in [2.45, 2.75) is 30.2 Å². The molecule has 0 radical (unpaired) electrons. The molecule has 1 fully saturated rings. The van der Waals surface area contributed by atoms with Crippen molar-refractivity contribution < 1.29 is 21.6 Å². The Balaban J connectivity index is 1.47. The zero-order valence-electron chi connectivity index (χ0n) is 23.0. The van der Waals surface area contributed by atoms with E-state index < -0.39 is 15.5 Å². The first-order valence-electron chi connectivity index (χ1n) is 13.8. The van der Waals surface area contributed by atoms with Crippen LogP contribution >= 0.6 is 34.8 Å². The third kappa shape index (κ3) is 5.96. The Morgan fingerprint density at radius 1 is 0.750 bits per heavy atom. The van der Waals surface area contributed by atoms with Gasteiger partial charge < -0.3 is 0 Å². The van der Waals surface area contributed by atoms with Crippen LogP contribution in [0.15, 0.2) is 91.0 Å². The fourth-order valence-electron chi connectivity index (χ4n) is 5.85. The van der Waals surface area contributed by atoms with Gasteiger partial charge in [-0.15, -0.1) is 0 Å². The summed E-state index contributed by atoms with van der Waals surface area (Å²) in [6.07, 6.45) is 0.387. The van der Waals surface area contributed by atoms with Crippen molar-refractivity contribution >= 4 is 55.7 Å². The average Bonchev–Trinajstić information content (AvgIpc) is 3.38. The summed E-state index contributed by atoms with van der Waals surface area (Å²) in [5.74, 6) is -0.451. The van der Waals surface area contributed by atoms with Gasteiger partial charge in [-0.05, 0) is 84.1 Å². The third-order valence-corrected chi connectivity index (χ3v) is 10.4. The lowest BCUT2D eigenvalue weighted by atomic mass is 9.84. The number of benzene rings is 4. The van der Waals surface area contributed by atoms with Crippen LogP contribution in [0, 0.1) is 0 Å². The van der Waals surface area contributed by atoms with Crippen LogP contribution in [0.25, 0.3) is 16.6 Å². The van der Waals surface area contributed by atoms with E-state index in [9.17, 15) is 21.6 Å². The second-order valence-corrected chi connectivity index (χ2v) is 14.0. The minimum absolute atomic E-state index is 0.185. The Bertz CT molecular complexity index is 1880. The number of piperidine rings is 1. The fourth-order valence-corrected chi connectivity index (χ4v) is 7.27. The molecule has 0 bridgehead atoms. The van der Waals surface area contributed by atoms with E-state index in [1.54, 1.807) is 16.8 Å². The number of rotatable bonds is 6. The van der Waals surface area contributed by atoms with Crippen molar-refractivity contribution in [1.82, 2.24) is 14.1 Å². The van der Waals surface area contributed by atoms with Gasteiger partial charge in [-0.1, -0.05) is 71.2 Å². The molecule has 0 amide bonds. The van der Waals surface area contributed by atoms with Gasteiger partial charge in [-0.25, -0.2) is 13.1 Å². The normalized spacial score (nSPS) is 15.3. The number of nitrogens with zero attached hydrogens (tertiary/aromatic N) is 3. The highest BCUT2D eigenvalue weighted by Crippen LogP contribution is 2.40. The summed E-state index contributed by atoms with van der Waals surface area (Å²) in [6.45, 7) is -0.508. The number of hydrogen-bond acceptors (Lipinski definition) is 3. The van der Waals surface area contributed by atoms with E-state index in [0.717, 1.165) is 33.3 Å². The second kappa shape index (κ2) is 12.0. The molecular formula is C32H25Cl3F3N3O2S. The second-order valence-electron chi connectivity index (χ2n) is 10.7. The molecule has 0 N–H and O–H groups in total. The zero-order chi connectivity index (χ0) is 31.2. The molecule has 2 heterocycles. The molecule has 0 aliphatic carbocycles. The van der Waals surface area contributed by atoms with Gasteiger partial charge in [0.1, 0.15) is 0 Å². The van der Waals surface area contributed by atoms with Crippen LogP contribution in [-0.2, 0) is 10.0 Å². The first-order chi connectivity index (χ1) is 20.9. The lowest BCUT2D eigenvalue weighted by Gasteiger charge is -2.31. The van der Waals surface area contributed by atoms with E-state index >= 15 is 0 Å². The number of halogens is 6. The van der Waals surface area contributed by atoms with Crippen molar-refractivity contribution in [2.24, 2.45) is 0 Å². The molecule has 1 aromatic heterocycles. The van der Waals surface area contributed by atoms with Gasteiger partial charge in [0.05, 0.1) is 16.9 Å². The van der Waals surface area contributed by atoms with Crippen molar-refractivity contribution in [3.63, 3.8) is 0 Å². The number of alkyl halides is 3. The van der Waals surface area contributed by atoms with Gasteiger partial charge >= 0.3 is 15.5 Å². The van der Waals surface area contributed by atoms with Gasteiger partial charge in [-0.2, -0.15) is 22.6 Å². The van der Waals surface area contributed by atoms with Gasteiger partial charge in [0.15, 0.2) is 0 Å². The van der Waals surface area contributed by atoms with E-state index in [1.807, 2.05) is 72.8 Å². The SMILES string of the molecule is O=S(=O)(N1CCC(c2nn(-c3cccc(Cl)c3)c3ccc(C(c4ccc(Cl)cc4)c4ccc(Cl)cc4)cc23)CC1)C(F)(F)F. The van der Waals surface area contributed by atoms with Crippen LogP contribution < -0.4 is 0 Å². The standard InChI is InChI=1S/C32H25Cl3F3N3O2S/c33-24-9-4-20(5-10-24)30(21-6-11-25(34)12-7-21)23-8-13-29-28(18-23)31(39-41(29)27-3-1-2-26(35)19-27)22-14-16-40(17-15-22)44(42,43)32(36,37)38/h1-13,18-19,22,30H,14-17H2. The van der Waals surface area contributed by atoms with E-state index in [4.69, 9.17) is 39.9 Å². The fraction of sp³-hybridized carbons (Fsp3) is 0.219. The van der Waals surface area contributed by atoms with E-state index in [-0.39, 0.29) is 37.8 Å². The van der Waals surface area contributed by atoms with Crippen molar-refractivity contribution in [2.75, 3.05) is 13.1 Å². The minimum atomic E-state index is -5.40. The maximum absolute atomic E-state index is 13.2. The number of fused-ring (bicyclic) bond motifs is 1. The van der Waals surface area contributed by atoms with Crippen LogP contribution in [0.3, 0.4) is 0 Å². The molecular weight excluding hydrogens is 654 g/mol. The smallest absolute Gasteiger partial charge is 0.233 e. The maximum Gasteiger partial charge on any atom is 0.511 e. The molecule has 1 saturated heterocycles. The van der Waals surface area contributed by atoms with Crippen molar-refractivity contribution in [3.8, 4) is 5.69 Å². The Hall–Kier alpha value is -3.08. The minimum Gasteiger partial charge on any atom is -0.233 e. The molecule has 0 unspecified atom stereocenters. The first kappa shape index (κ1) is 30.9. The summed E-state index contributed by atoms with van der Waals surface area (Å²) < 4.78 is 66.2. The van der Waals surface area contributed by atoms with E-state index in [0.29, 0.717) is 25.1 Å². The van der Waals surface area contributed by atoms with Crippen LogP contribution in [0.4, 0.5) is 13.2 Å². The molecule has 4 aromatic carbocycles. The average molecular weight is 679 g/mol. The summed E-state index contributed by atoms with van der Waals surface area (Å²) in [5.41, 5.74) is -0.152. The number of aromatic nitrogens is 2. The summed E-state index contributed by atoms with van der Waals surface area (Å²) in [5, 5.41) is 7.54. The monoisotopic (exact) mass is 677 g/mol. The summed E-state index contributed by atoms with van der Waals surface area (Å²) in [7, 11) is -5.40. The van der Waals surface area contributed by atoms with Gasteiger partial charge in [0.2, 0.25) is 0 Å². The quantitative estimate of drug-likeness (QED) is 0.168. The van der Waals surface area contributed by atoms with E-state index in [2.05, 4.69) is 6.07 Å². The Labute approximate surface area is 267 Å². The molecule has 5 aromatic rings. The van der Waals surface area contributed by atoms with Crippen LogP contribution in [0.2, 0.25) is 15.1 Å². The molecule has 5 nitrogen and oxygen atoms in total. The summed E-state index contributed by atoms with van der Waals surface area (Å²) in [6, 6.07) is 28.5. The molecule has 1 aliphatic rings. The highest BCUT2D eigenvalue weighted by atomic mass is 35.5. The molecule has 228 valence electrons. The van der Waals surface area contributed by atoms with Gasteiger partial charge in [-0.3, -0.25) is 0 Å². The highest BCUT2D eigenvalue weighted by molar-refractivity contribution is 7.90. The van der Waals surface area contributed by atoms with E-state index in [1.165, 1.54) is 0 Å². The van der Waals surface area contributed by atoms with Crippen molar-refractivity contribution in [1.29, 1.82) is 0 Å². The Morgan fingerprint density at radius 3 is 1.86 bits per heavy atom. The molecule has 0 saturated carbocycles. The zero-order valence-corrected chi connectivity index (χ0v) is 26.1. The van der Waals surface area contributed by atoms with Gasteiger partial charge in [0.25, 0.3) is 0 Å². The molecule has 0 atom stereocenters. The Morgan fingerprint density at radius 2 is 1.32 bits per heavy atom. The van der Waals surface area contributed by atoms with Gasteiger partial charge in [0, 0.05) is 45.4 Å². The molecule has 0 spiro atoms. The molecule has 12 heteroatoms. The first-order valence-corrected chi connectivity index (χ1v) is 16.4. The predicted octanol–water partition coefficient (Wildman–Crippen LogP) is 9.19. The van der Waals surface area contributed by atoms with Crippen LogP contribution in [-0.4, -0.2) is 41.1 Å². The molecule has 44 heavy (non-hydrogen) atoms.